The summed E-state index contributed by atoms with van der Waals surface area (Å²) in [4.78, 5) is 13.2. The second-order valence-electron chi connectivity index (χ2n) is 21.9. The monoisotopic (exact) mass is 782 g/mol. The number of ether oxygens (including phenoxy) is 1. The fourth-order valence-electron chi connectivity index (χ4n) is 20.4. The van der Waals surface area contributed by atoms with E-state index in [0.717, 1.165) is 25.7 Å². The van der Waals surface area contributed by atoms with E-state index in [4.69, 9.17) is 4.74 Å². The molecule has 1 saturated carbocycles. The third kappa shape index (κ3) is 1.94. The van der Waals surface area contributed by atoms with Crippen molar-refractivity contribution < 1.29 is 9.53 Å². The van der Waals surface area contributed by atoms with Crippen molar-refractivity contribution in [2.75, 3.05) is 7.11 Å². The number of hydrogen-bond acceptors (Lipinski definition) is 2. The van der Waals surface area contributed by atoms with Crippen LogP contribution < -0.4 is 0 Å². The van der Waals surface area contributed by atoms with E-state index in [1.54, 1.807) is 177 Å². The van der Waals surface area contributed by atoms with Crippen molar-refractivity contribution in [1.82, 2.24) is 0 Å². The Bertz CT molecular complexity index is 4430. The van der Waals surface area contributed by atoms with Crippen LogP contribution in [0.3, 0.4) is 0 Å². The highest BCUT2D eigenvalue weighted by atomic mass is 16.5. The fraction of sp³-hybridized carbons (Fsp3) is 0.217. The predicted molar refractivity (Wildman–Crippen MR) is 246 cm³/mol. The van der Waals surface area contributed by atoms with E-state index < -0.39 is 0 Å². The highest BCUT2D eigenvalue weighted by Crippen LogP contribution is 2.96. The minimum absolute atomic E-state index is 0.0915. The molecule has 0 N–H and O–H groups in total. The molecule has 282 valence electrons. The summed E-state index contributed by atoms with van der Waals surface area (Å²) in [5.74, 6) is 1.27. The lowest BCUT2D eigenvalue weighted by molar-refractivity contribution is -0.140. The van der Waals surface area contributed by atoms with Crippen LogP contribution in [0.25, 0.3) is 103 Å². The van der Waals surface area contributed by atoms with Gasteiger partial charge in [-0.3, -0.25) is 4.79 Å². The number of methoxy groups -OCH3 is 1. The van der Waals surface area contributed by atoms with Crippen molar-refractivity contribution in [2.24, 2.45) is 5.92 Å². The molecule has 13 aliphatic carbocycles. The maximum absolute atomic E-state index is 13.2. The largest absolute Gasteiger partial charge is 0.469 e. The van der Waals surface area contributed by atoms with Crippen LogP contribution in [0, 0.1) is 5.92 Å². The maximum atomic E-state index is 13.2. The topological polar surface area (TPSA) is 26.3 Å². The molecule has 0 aliphatic heterocycles. The van der Waals surface area contributed by atoms with Crippen molar-refractivity contribution in [2.45, 2.75) is 66.1 Å². The minimum atomic E-state index is -0.239. The first kappa shape index (κ1) is 28.2. The van der Waals surface area contributed by atoms with E-state index >= 15 is 0 Å². The SMILES string of the molecule is COC(=O)CCCC1(c2ccccc2)C23C4=C5C=CC6c7c5c2c2c5c7c7c6cc6c8c9c%10c%11c%12c%13c%14c%15c(cc%16c%17c(c-2c(c%12c%15%17)c5c%11c87)C13C%16C=C4)CC%14=CC(C=C9C6)C%13%10. The van der Waals surface area contributed by atoms with Crippen LogP contribution in [0.1, 0.15) is 109 Å². The van der Waals surface area contributed by atoms with E-state index in [1.165, 1.54) is 11.1 Å². The first-order chi connectivity index (χ1) is 30.7. The van der Waals surface area contributed by atoms with Gasteiger partial charge in [-0.25, -0.2) is 0 Å². The summed E-state index contributed by atoms with van der Waals surface area (Å²) in [6, 6.07) is 17.3. The number of esters is 1. The molecule has 2 nitrogen and oxygen atoms in total. The summed E-state index contributed by atoms with van der Waals surface area (Å²) in [7, 11) is 1.56. The average Bonchev–Trinajstić information content (AvgIpc) is 4.05. The molecule has 9 aromatic carbocycles. The second kappa shape index (κ2) is 7.47. The Morgan fingerprint density at radius 3 is 2.13 bits per heavy atom. The van der Waals surface area contributed by atoms with Gasteiger partial charge in [0.2, 0.25) is 0 Å². The Balaban J connectivity index is 1.10. The molecule has 0 aromatic heterocycles. The third-order valence-corrected chi connectivity index (χ3v) is 21.1. The van der Waals surface area contributed by atoms with Crippen LogP contribution >= 0.6 is 0 Å². The van der Waals surface area contributed by atoms with Gasteiger partial charge in [-0.2, -0.15) is 0 Å². The van der Waals surface area contributed by atoms with Crippen LogP contribution in [0.5, 0.6) is 0 Å². The van der Waals surface area contributed by atoms with Gasteiger partial charge in [0, 0.05) is 46.3 Å². The lowest BCUT2D eigenvalue weighted by Gasteiger charge is -2.36. The van der Waals surface area contributed by atoms with E-state index in [0.29, 0.717) is 18.3 Å². The molecular weight excluding hydrogens is 753 g/mol. The molecule has 0 saturated heterocycles. The van der Waals surface area contributed by atoms with Gasteiger partial charge in [-0.1, -0.05) is 78.9 Å². The molecule has 0 bridgehead atoms. The summed E-state index contributed by atoms with van der Waals surface area (Å²) in [5, 5.41) is 22.7. The van der Waals surface area contributed by atoms with E-state index in [-0.39, 0.29) is 34.1 Å². The minimum Gasteiger partial charge on any atom is -0.469 e. The summed E-state index contributed by atoms with van der Waals surface area (Å²) in [6.45, 7) is 0. The van der Waals surface area contributed by atoms with Gasteiger partial charge in [0.25, 0.3) is 0 Å². The number of hydrogen-bond donors (Lipinski definition) is 0. The zero-order chi connectivity index (χ0) is 38.9. The Labute approximate surface area is 353 Å². The molecule has 13 aliphatic rings. The van der Waals surface area contributed by atoms with Crippen molar-refractivity contribution in [1.29, 1.82) is 0 Å². The van der Waals surface area contributed by atoms with Crippen molar-refractivity contribution in [3.05, 3.63) is 157 Å². The number of rotatable bonds is 5. The first-order valence-corrected chi connectivity index (χ1v) is 23.5. The molecule has 0 amide bonds. The van der Waals surface area contributed by atoms with Crippen LogP contribution in [0.15, 0.2) is 84.5 Å². The van der Waals surface area contributed by atoms with E-state index in [2.05, 4.69) is 78.9 Å². The van der Waals surface area contributed by atoms with Crippen molar-refractivity contribution >= 4 is 98.1 Å². The molecule has 0 heterocycles. The summed E-state index contributed by atoms with van der Waals surface area (Å²) >= 11 is 0. The summed E-state index contributed by atoms with van der Waals surface area (Å²) in [5.41, 5.74) is 29.9. The van der Waals surface area contributed by atoms with Gasteiger partial charge in [0.05, 0.1) is 7.11 Å². The quantitative estimate of drug-likeness (QED) is 0.0987. The highest BCUT2D eigenvalue weighted by molar-refractivity contribution is 6.55. The molecule has 2 heteroatoms. The van der Waals surface area contributed by atoms with E-state index in [9.17, 15) is 4.79 Å². The lowest BCUT2D eigenvalue weighted by Crippen LogP contribution is -2.31. The van der Waals surface area contributed by atoms with Gasteiger partial charge >= 0.3 is 5.97 Å². The molecule has 2 spiro atoms. The van der Waals surface area contributed by atoms with Crippen LogP contribution in [0.4, 0.5) is 0 Å². The summed E-state index contributed by atoms with van der Waals surface area (Å²) in [6.07, 6.45) is 20.4. The molecule has 22 rings (SSSR count). The van der Waals surface area contributed by atoms with Crippen molar-refractivity contribution in [3.8, 4) is 11.1 Å². The number of benzene rings is 9. The number of carbonyl (C=O) groups is 1. The van der Waals surface area contributed by atoms with Crippen molar-refractivity contribution in [3.63, 3.8) is 0 Å². The number of allylic oxidation sites excluding steroid dienone is 10. The van der Waals surface area contributed by atoms with Crippen LogP contribution in [0.2, 0.25) is 0 Å². The normalized spacial score (nSPS) is 31.3. The zero-order valence-electron chi connectivity index (χ0n) is 33.7. The van der Waals surface area contributed by atoms with Crippen LogP contribution in [-0.2, 0) is 38.6 Å². The van der Waals surface area contributed by atoms with Crippen LogP contribution in [-0.4, -0.2) is 13.1 Å². The third-order valence-electron chi connectivity index (χ3n) is 21.1. The molecule has 0 radical (unpaired) electrons. The Morgan fingerprint density at radius 2 is 1.34 bits per heavy atom. The summed E-state index contributed by atoms with van der Waals surface area (Å²) < 4.78 is 5.38. The van der Waals surface area contributed by atoms with Gasteiger partial charge in [0.15, 0.2) is 0 Å². The molecule has 62 heavy (non-hydrogen) atoms. The van der Waals surface area contributed by atoms with Gasteiger partial charge in [-0.05, 0) is 207 Å². The van der Waals surface area contributed by atoms with E-state index in [1.807, 2.05) is 0 Å². The fourth-order valence-corrected chi connectivity index (χ4v) is 20.4. The molecule has 7 unspecified atom stereocenters. The predicted octanol–water partition coefficient (Wildman–Crippen LogP) is 12.8. The molecule has 9 aromatic rings. The highest BCUT2D eigenvalue weighted by Gasteiger charge is 2.95. The average molecular weight is 783 g/mol. The zero-order valence-corrected chi connectivity index (χ0v) is 33.7. The Hall–Kier alpha value is -6.51. The molecule has 1 fully saturated rings. The molecule has 7 atom stereocenters. The lowest BCUT2D eigenvalue weighted by atomic mass is 9.64. The number of carbonyl (C=O) groups excluding carboxylic acids is 1. The smallest absolute Gasteiger partial charge is 0.305 e. The van der Waals surface area contributed by atoms with Gasteiger partial charge < -0.3 is 4.74 Å². The number of fused-ring (bicyclic) bond motifs is 2. The Morgan fingerprint density at radius 1 is 0.661 bits per heavy atom. The molecular formula is C60H30O2. The van der Waals surface area contributed by atoms with Gasteiger partial charge in [-0.15, -0.1) is 0 Å². The second-order valence-corrected chi connectivity index (χ2v) is 21.9. The first-order valence-electron chi connectivity index (χ1n) is 23.5. The van der Waals surface area contributed by atoms with Gasteiger partial charge in [0.1, 0.15) is 0 Å². The Kier molecular flexibility index (Phi) is 3.39. The standard InChI is InChI=1S/C60H30O2/c1-62-32(61)8-5-13-58(25-6-3-2-4-7-25)59-30-11-12-31-29-19-24-17-21-15-22-14-20-16-23-18-28-26-9-10-27(30)40-38(26)46-39(28)44-35(23)33(20)42-37(22)43-34(21)36(24)45-41(29)57(60(31,58)59)55-53-50(45)48(43)47(42)49(44)51(53)52(46)54(55)56(40)59/h2-4,6-7,9-12,14-15,18-19,22,26,31,37H,5,8,13,16-17H2,1H3. The maximum Gasteiger partial charge on any atom is 0.305 e.